The van der Waals surface area contributed by atoms with E-state index in [-0.39, 0.29) is 0 Å². The molecule has 3 heteroatoms. The second kappa shape index (κ2) is 5.73. The lowest BCUT2D eigenvalue weighted by atomic mass is 10.0. The molecule has 27 heavy (non-hydrogen) atoms. The fourth-order valence-electron chi connectivity index (χ4n) is 3.89. The molecule has 0 unspecified atom stereocenters. The van der Waals surface area contributed by atoms with E-state index in [9.17, 15) is 10.5 Å². The molecule has 0 radical (unpaired) electrons. The van der Waals surface area contributed by atoms with Crippen LogP contribution in [0.2, 0.25) is 0 Å². The number of hydrogen-bond donors (Lipinski definition) is 0. The Balaban J connectivity index is 2.01. The Bertz CT molecular complexity index is 1440. The van der Waals surface area contributed by atoms with E-state index < -0.39 is 0 Å². The van der Waals surface area contributed by atoms with Crippen LogP contribution < -0.4 is 0 Å². The molecule has 0 fully saturated rings. The Morgan fingerprint density at radius 3 is 2.26 bits per heavy atom. The lowest BCUT2D eigenvalue weighted by Crippen LogP contribution is -1.98. The molecule has 0 aliphatic heterocycles. The third-order valence-electron chi connectivity index (χ3n) is 5.05. The topological polar surface area (TPSA) is 52.5 Å². The van der Waals surface area contributed by atoms with E-state index in [1.165, 1.54) is 16.2 Å². The Hall–Kier alpha value is -4.08. The van der Waals surface area contributed by atoms with Crippen molar-refractivity contribution in [1.82, 2.24) is 4.57 Å². The molecule has 0 atom stereocenters. The number of nitriles is 2. The van der Waals surface area contributed by atoms with Crippen LogP contribution in [0.3, 0.4) is 0 Å². The molecule has 3 nitrogen and oxygen atoms in total. The maximum atomic E-state index is 9.68. The number of para-hydroxylation sites is 1. The van der Waals surface area contributed by atoms with E-state index >= 15 is 0 Å². The van der Waals surface area contributed by atoms with Gasteiger partial charge in [0.05, 0.1) is 33.9 Å². The van der Waals surface area contributed by atoms with Crippen LogP contribution in [0.1, 0.15) is 11.1 Å². The minimum atomic E-state index is 0.488. The highest BCUT2D eigenvalue weighted by Gasteiger charge is 2.16. The summed E-state index contributed by atoms with van der Waals surface area (Å²) in [5, 5.41) is 23.6. The number of nitrogens with zero attached hydrogens (tertiary/aromatic N) is 3. The van der Waals surface area contributed by atoms with Gasteiger partial charge in [-0.1, -0.05) is 48.5 Å². The molecule has 0 N–H and O–H groups in total. The average molecular weight is 343 g/mol. The summed E-state index contributed by atoms with van der Waals surface area (Å²) in [4.78, 5) is 0. The first kappa shape index (κ1) is 15.2. The lowest BCUT2D eigenvalue weighted by molar-refractivity contribution is 1.17. The molecule has 0 amide bonds. The van der Waals surface area contributed by atoms with E-state index in [2.05, 4.69) is 59.2 Å². The molecule has 0 bridgehead atoms. The molecule has 0 aliphatic carbocycles. The first-order valence-corrected chi connectivity index (χ1v) is 8.67. The van der Waals surface area contributed by atoms with Crippen molar-refractivity contribution in [2.45, 2.75) is 0 Å². The van der Waals surface area contributed by atoms with Gasteiger partial charge in [0.15, 0.2) is 0 Å². The molecule has 0 aliphatic rings. The van der Waals surface area contributed by atoms with Gasteiger partial charge in [-0.25, -0.2) is 0 Å². The van der Waals surface area contributed by atoms with Crippen LogP contribution in [0, 0.1) is 22.7 Å². The fourth-order valence-corrected chi connectivity index (χ4v) is 3.89. The van der Waals surface area contributed by atoms with Crippen LogP contribution in [-0.4, -0.2) is 4.57 Å². The van der Waals surface area contributed by atoms with Crippen LogP contribution in [0.15, 0.2) is 78.9 Å². The average Bonchev–Trinajstić information content (AvgIpc) is 3.08. The number of aromatic nitrogens is 1. The predicted molar refractivity (Wildman–Crippen MR) is 108 cm³/mol. The number of hydrogen-bond acceptors (Lipinski definition) is 2. The molecular formula is C24H13N3. The van der Waals surface area contributed by atoms with Gasteiger partial charge in [0.1, 0.15) is 6.07 Å². The van der Waals surface area contributed by atoms with Crippen molar-refractivity contribution in [3.63, 3.8) is 0 Å². The Morgan fingerprint density at radius 2 is 1.44 bits per heavy atom. The summed E-state index contributed by atoms with van der Waals surface area (Å²) in [5.41, 5.74) is 3.87. The molecule has 1 aromatic heterocycles. The molecule has 0 saturated heterocycles. The largest absolute Gasteiger partial charge is 0.308 e. The van der Waals surface area contributed by atoms with Gasteiger partial charge in [0.25, 0.3) is 0 Å². The quantitative estimate of drug-likeness (QED) is 0.393. The zero-order valence-electron chi connectivity index (χ0n) is 14.3. The minimum absolute atomic E-state index is 0.488. The number of rotatable bonds is 1. The van der Waals surface area contributed by atoms with Crippen LogP contribution >= 0.6 is 0 Å². The first-order chi connectivity index (χ1) is 13.3. The van der Waals surface area contributed by atoms with E-state index in [0.29, 0.717) is 11.1 Å². The Kier molecular flexibility index (Phi) is 3.22. The van der Waals surface area contributed by atoms with E-state index in [1.807, 2.05) is 24.3 Å². The summed E-state index contributed by atoms with van der Waals surface area (Å²) in [6.45, 7) is 0. The lowest BCUT2D eigenvalue weighted by Gasteiger charge is -2.10. The SMILES string of the molecule is N#Cc1ccc(-n2c3ccccc3c3c4ccccc4ccc32)c(C#N)c1. The van der Waals surface area contributed by atoms with Crippen molar-refractivity contribution in [2.24, 2.45) is 0 Å². The zero-order chi connectivity index (χ0) is 18.4. The third-order valence-corrected chi connectivity index (χ3v) is 5.05. The minimum Gasteiger partial charge on any atom is -0.308 e. The standard InChI is InChI=1S/C24H13N3/c25-14-16-9-11-21(18(13-16)15-26)27-22-8-4-3-7-20(22)24-19-6-2-1-5-17(19)10-12-23(24)27/h1-13H. The van der Waals surface area contributed by atoms with Gasteiger partial charge < -0.3 is 4.57 Å². The monoisotopic (exact) mass is 343 g/mol. The van der Waals surface area contributed by atoms with Crippen molar-refractivity contribution in [1.29, 1.82) is 10.5 Å². The summed E-state index contributed by atoms with van der Waals surface area (Å²) < 4.78 is 2.12. The van der Waals surface area contributed by atoms with E-state index in [1.54, 1.807) is 12.1 Å². The van der Waals surface area contributed by atoms with Gasteiger partial charge in [-0.05, 0) is 41.1 Å². The Morgan fingerprint density at radius 1 is 0.667 bits per heavy atom. The molecule has 0 saturated carbocycles. The second-order valence-corrected chi connectivity index (χ2v) is 6.49. The maximum Gasteiger partial charge on any atom is 0.101 e. The van der Waals surface area contributed by atoms with Gasteiger partial charge >= 0.3 is 0 Å². The maximum absolute atomic E-state index is 9.68. The van der Waals surface area contributed by atoms with Gasteiger partial charge in [0, 0.05) is 10.8 Å². The van der Waals surface area contributed by atoms with Crippen LogP contribution in [0.4, 0.5) is 0 Å². The summed E-state index contributed by atoms with van der Waals surface area (Å²) in [7, 11) is 0. The predicted octanol–water partition coefficient (Wildman–Crippen LogP) is 5.68. The Labute approximate surface area is 155 Å². The van der Waals surface area contributed by atoms with Crippen molar-refractivity contribution in [2.75, 3.05) is 0 Å². The molecule has 5 aromatic rings. The van der Waals surface area contributed by atoms with Crippen molar-refractivity contribution in [3.8, 4) is 17.8 Å². The smallest absolute Gasteiger partial charge is 0.101 e. The zero-order valence-corrected chi connectivity index (χ0v) is 14.3. The highest BCUT2D eigenvalue weighted by molar-refractivity contribution is 6.21. The number of benzene rings is 4. The van der Waals surface area contributed by atoms with Crippen LogP contribution in [-0.2, 0) is 0 Å². The summed E-state index contributed by atoms with van der Waals surface area (Å²) in [6.07, 6.45) is 0. The van der Waals surface area contributed by atoms with Crippen molar-refractivity contribution >= 4 is 32.6 Å². The molecule has 124 valence electrons. The van der Waals surface area contributed by atoms with Gasteiger partial charge in [-0.3, -0.25) is 0 Å². The van der Waals surface area contributed by atoms with Crippen molar-refractivity contribution < 1.29 is 0 Å². The fraction of sp³-hybridized carbons (Fsp3) is 0. The summed E-state index contributed by atoms with van der Waals surface area (Å²) in [6, 6.07) is 30.4. The molecule has 4 aromatic carbocycles. The van der Waals surface area contributed by atoms with E-state index in [0.717, 1.165) is 22.1 Å². The van der Waals surface area contributed by atoms with Crippen LogP contribution in [0.5, 0.6) is 0 Å². The molecule has 1 heterocycles. The highest BCUT2D eigenvalue weighted by atomic mass is 15.0. The van der Waals surface area contributed by atoms with Gasteiger partial charge in [-0.15, -0.1) is 0 Å². The van der Waals surface area contributed by atoms with Crippen LogP contribution in [0.25, 0.3) is 38.3 Å². The van der Waals surface area contributed by atoms with E-state index in [4.69, 9.17) is 0 Å². The van der Waals surface area contributed by atoms with Gasteiger partial charge in [0.2, 0.25) is 0 Å². The summed E-state index contributed by atoms with van der Waals surface area (Å²) in [5.74, 6) is 0. The molecule has 5 rings (SSSR count). The number of fused-ring (bicyclic) bond motifs is 5. The van der Waals surface area contributed by atoms with Gasteiger partial charge in [-0.2, -0.15) is 10.5 Å². The second-order valence-electron chi connectivity index (χ2n) is 6.49. The first-order valence-electron chi connectivity index (χ1n) is 8.67. The highest BCUT2D eigenvalue weighted by Crippen LogP contribution is 2.37. The third kappa shape index (κ3) is 2.13. The van der Waals surface area contributed by atoms with Crippen molar-refractivity contribution in [3.05, 3.63) is 90.0 Å². The normalized spacial score (nSPS) is 10.9. The molecule has 0 spiro atoms. The summed E-state index contributed by atoms with van der Waals surface area (Å²) >= 11 is 0. The molecular weight excluding hydrogens is 330 g/mol.